The van der Waals surface area contributed by atoms with E-state index in [2.05, 4.69) is 109 Å². The van der Waals surface area contributed by atoms with Gasteiger partial charge < -0.3 is 5.73 Å². The molecular formula is C36H27N3. The van der Waals surface area contributed by atoms with E-state index in [1.807, 2.05) is 24.3 Å². The number of nitrogens with two attached hydrogens (primary N) is 1. The van der Waals surface area contributed by atoms with Gasteiger partial charge >= 0.3 is 0 Å². The summed E-state index contributed by atoms with van der Waals surface area (Å²) in [5, 5.41) is 9.09. The second-order valence-corrected chi connectivity index (χ2v) is 9.58. The number of benzene rings is 4. The molecule has 2 N–H and O–H groups in total. The van der Waals surface area contributed by atoms with Gasteiger partial charge in [-0.25, -0.2) is 4.98 Å². The maximum Gasteiger partial charge on any atom is 0.0713 e. The normalized spacial score (nSPS) is 13.6. The Morgan fingerprint density at radius 3 is 2.10 bits per heavy atom. The summed E-state index contributed by atoms with van der Waals surface area (Å²) in [5.41, 5.74) is 16.2. The lowest BCUT2D eigenvalue weighted by molar-refractivity contribution is 0.768. The Labute approximate surface area is 229 Å². The molecule has 6 rings (SSSR count). The highest BCUT2D eigenvalue weighted by atomic mass is 14.7. The molecule has 0 saturated carbocycles. The summed E-state index contributed by atoms with van der Waals surface area (Å²) in [5.74, 6) is 0. The van der Waals surface area contributed by atoms with Crippen molar-refractivity contribution < 1.29 is 0 Å². The smallest absolute Gasteiger partial charge is 0.0713 e. The lowest BCUT2D eigenvalue weighted by Gasteiger charge is -2.34. The van der Waals surface area contributed by atoms with Gasteiger partial charge in [-0.3, -0.25) is 0 Å². The van der Waals surface area contributed by atoms with Crippen LogP contribution in [0, 0.1) is 11.3 Å². The Balaban J connectivity index is 1.60. The van der Waals surface area contributed by atoms with E-state index >= 15 is 0 Å². The molecule has 0 bridgehead atoms. The minimum Gasteiger partial charge on any atom is -0.405 e. The number of allylic oxidation sites excluding steroid dienone is 3. The van der Waals surface area contributed by atoms with Crippen LogP contribution in [0.4, 0.5) is 0 Å². The van der Waals surface area contributed by atoms with E-state index < -0.39 is 5.41 Å². The van der Waals surface area contributed by atoms with Crippen LogP contribution in [0.25, 0.3) is 28.0 Å². The van der Waals surface area contributed by atoms with Crippen molar-refractivity contribution in [1.82, 2.24) is 4.98 Å². The van der Waals surface area contributed by atoms with Crippen molar-refractivity contribution in [3.63, 3.8) is 0 Å². The molecule has 0 aliphatic heterocycles. The van der Waals surface area contributed by atoms with Crippen LogP contribution in [0.5, 0.6) is 0 Å². The molecule has 0 saturated heterocycles. The molecule has 5 aromatic rings. The quantitative estimate of drug-likeness (QED) is 0.236. The summed E-state index contributed by atoms with van der Waals surface area (Å²) >= 11 is 0. The fourth-order valence-electron chi connectivity index (χ4n) is 5.88. The van der Waals surface area contributed by atoms with Crippen LogP contribution in [0.3, 0.4) is 0 Å². The second-order valence-electron chi connectivity index (χ2n) is 9.58. The molecule has 3 nitrogen and oxygen atoms in total. The fraction of sp³-hybridized carbons (Fsp3) is 0.0556. The first-order chi connectivity index (χ1) is 19.3. The highest BCUT2D eigenvalue weighted by Gasteiger charge is 2.46. The summed E-state index contributed by atoms with van der Waals surface area (Å²) in [6.07, 6.45) is 5.42. The molecule has 0 radical (unpaired) electrons. The van der Waals surface area contributed by atoms with Gasteiger partial charge in [-0.1, -0.05) is 109 Å². The van der Waals surface area contributed by atoms with E-state index in [0.29, 0.717) is 6.42 Å². The van der Waals surface area contributed by atoms with Crippen molar-refractivity contribution >= 4 is 5.57 Å². The number of pyridine rings is 1. The van der Waals surface area contributed by atoms with Gasteiger partial charge in [-0.2, -0.15) is 5.26 Å². The molecule has 0 unspecified atom stereocenters. The predicted molar refractivity (Wildman–Crippen MR) is 159 cm³/mol. The van der Waals surface area contributed by atoms with Gasteiger partial charge in [0.1, 0.15) is 0 Å². The molecular weight excluding hydrogens is 474 g/mol. The zero-order valence-electron chi connectivity index (χ0n) is 21.5. The molecule has 1 heterocycles. The van der Waals surface area contributed by atoms with Crippen LogP contribution in [-0.2, 0) is 5.41 Å². The molecule has 0 fully saturated rings. The summed E-state index contributed by atoms with van der Waals surface area (Å²) < 4.78 is 0. The van der Waals surface area contributed by atoms with E-state index in [1.165, 1.54) is 39.6 Å². The van der Waals surface area contributed by atoms with Crippen molar-refractivity contribution in [2.45, 2.75) is 11.8 Å². The van der Waals surface area contributed by atoms with E-state index in [1.54, 1.807) is 6.08 Å². The third-order valence-corrected chi connectivity index (χ3v) is 7.49. The molecule has 0 spiro atoms. The third-order valence-electron chi connectivity index (χ3n) is 7.49. The maximum atomic E-state index is 9.09. The van der Waals surface area contributed by atoms with E-state index in [-0.39, 0.29) is 0 Å². The predicted octanol–water partition coefficient (Wildman–Crippen LogP) is 7.88. The lowest BCUT2D eigenvalue weighted by atomic mass is 9.67. The maximum absolute atomic E-state index is 9.09. The van der Waals surface area contributed by atoms with Crippen molar-refractivity contribution in [1.29, 1.82) is 5.26 Å². The van der Waals surface area contributed by atoms with Crippen LogP contribution < -0.4 is 5.73 Å². The van der Waals surface area contributed by atoms with Gasteiger partial charge in [-0.15, -0.1) is 0 Å². The number of nitriles is 1. The number of fused-ring (bicyclic) bond motifs is 3. The second kappa shape index (κ2) is 10.3. The number of nitrogens with zero attached hydrogens (tertiary/aromatic N) is 2. The van der Waals surface area contributed by atoms with Gasteiger partial charge in [0.15, 0.2) is 0 Å². The first-order valence-corrected chi connectivity index (χ1v) is 13.1. The van der Waals surface area contributed by atoms with E-state index in [0.717, 1.165) is 22.5 Å². The van der Waals surface area contributed by atoms with E-state index in [4.69, 9.17) is 16.0 Å². The first kappa shape index (κ1) is 24.2. The van der Waals surface area contributed by atoms with Crippen LogP contribution in [0.2, 0.25) is 0 Å². The van der Waals surface area contributed by atoms with Gasteiger partial charge in [0.25, 0.3) is 0 Å². The average molecular weight is 502 g/mol. The minimum atomic E-state index is -0.456. The first-order valence-electron chi connectivity index (χ1n) is 13.1. The standard InChI is InChI=1S/C36H27N3/c37-23-10-11-26(22-24-38)34-18-9-19-35(39-34)27-20-21-31-30-16-7-8-17-32(30)36(33(31)25-27,28-12-3-1-4-13-28)29-14-5-2-6-15-29/h1-9,11-22,24-25H,10,38H2/b24-22-,26-11+. The minimum absolute atomic E-state index is 0.291. The lowest BCUT2D eigenvalue weighted by Crippen LogP contribution is -2.28. The van der Waals surface area contributed by atoms with Crippen LogP contribution in [0.1, 0.15) is 34.4 Å². The monoisotopic (exact) mass is 501 g/mol. The molecule has 4 aromatic carbocycles. The Kier molecular flexibility index (Phi) is 6.37. The molecule has 1 aliphatic carbocycles. The number of hydrogen-bond donors (Lipinski definition) is 1. The third kappa shape index (κ3) is 4.04. The van der Waals surface area contributed by atoms with E-state index in [9.17, 15) is 0 Å². The number of aromatic nitrogens is 1. The Bertz CT molecular complexity index is 1700. The van der Waals surface area contributed by atoms with Crippen molar-refractivity contribution in [3.05, 3.63) is 168 Å². The van der Waals surface area contributed by atoms with Gasteiger partial charge in [0.05, 0.1) is 29.3 Å². The van der Waals surface area contributed by atoms with Gasteiger partial charge in [-0.05, 0) is 69.4 Å². The van der Waals surface area contributed by atoms with Crippen molar-refractivity contribution in [2.75, 3.05) is 0 Å². The molecule has 1 aliphatic rings. The summed E-state index contributed by atoms with van der Waals surface area (Å²) in [6.45, 7) is 0. The summed E-state index contributed by atoms with van der Waals surface area (Å²) in [4.78, 5) is 5.00. The molecule has 3 heteroatoms. The van der Waals surface area contributed by atoms with Crippen LogP contribution >= 0.6 is 0 Å². The van der Waals surface area contributed by atoms with Crippen LogP contribution in [0.15, 0.2) is 140 Å². The fourth-order valence-corrected chi connectivity index (χ4v) is 5.88. The highest BCUT2D eigenvalue weighted by Crippen LogP contribution is 2.56. The Morgan fingerprint density at radius 2 is 1.41 bits per heavy atom. The molecule has 39 heavy (non-hydrogen) atoms. The SMILES string of the molecule is N#CC/C=C(\C=C/N)c1cccc(-c2ccc3c(c2)C(c2ccccc2)(c2ccccc2)c2ccccc2-3)n1. The van der Waals surface area contributed by atoms with Crippen molar-refractivity contribution in [2.24, 2.45) is 5.73 Å². The molecule has 1 aromatic heterocycles. The zero-order chi connectivity index (χ0) is 26.7. The van der Waals surface area contributed by atoms with Gasteiger partial charge in [0.2, 0.25) is 0 Å². The molecule has 0 atom stereocenters. The zero-order valence-corrected chi connectivity index (χ0v) is 21.5. The largest absolute Gasteiger partial charge is 0.405 e. The molecule has 0 amide bonds. The number of hydrogen-bond acceptors (Lipinski definition) is 3. The molecule has 186 valence electrons. The van der Waals surface area contributed by atoms with Crippen molar-refractivity contribution in [3.8, 4) is 28.5 Å². The Hall–Kier alpha value is -5.20. The van der Waals surface area contributed by atoms with Crippen LogP contribution in [-0.4, -0.2) is 4.98 Å². The highest BCUT2D eigenvalue weighted by molar-refractivity contribution is 5.88. The Morgan fingerprint density at radius 1 is 0.744 bits per heavy atom. The summed E-state index contributed by atoms with van der Waals surface area (Å²) in [6, 6.07) is 45.2. The summed E-state index contributed by atoms with van der Waals surface area (Å²) in [7, 11) is 0. The topological polar surface area (TPSA) is 62.7 Å². The average Bonchev–Trinajstić information content (AvgIpc) is 3.31. The number of rotatable bonds is 6. The van der Waals surface area contributed by atoms with Gasteiger partial charge in [0, 0.05) is 5.56 Å².